The number of amides is 1. The zero-order valence-corrected chi connectivity index (χ0v) is 11.9. The Morgan fingerprint density at radius 3 is 2.82 bits per heavy atom. The molecule has 5 nitrogen and oxygen atoms in total. The summed E-state index contributed by atoms with van der Waals surface area (Å²) in [6.45, 7) is 0.276. The third kappa shape index (κ3) is 3.06. The first-order valence-electron chi connectivity index (χ1n) is 6.91. The Labute approximate surface area is 124 Å². The average Bonchev–Trinajstić information content (AvgIpc) is 3.22. The molecule has 2 aromatic heterocycles. The molecule has 0 aromatic carbocycles. The molecule has 1 aliphatic carbocycles. The van der Waals surface area contributed by atoms with Crippen LogP contribution in [-0.2, 0) is 17.5 Å². The standard InChI is InChI=1S/C14H15F3N4O/c1-20(13(22)9-2-3-9)18-8-11-7-12-6-10(14(15,16)17)4-5-21(12)19-11/h4-7,9,18H,2-3,8H2,1H3. The van der Waals surface area contributed by atoms with Crippen molar-refractivity contribution in [1.82, 2.24) is 20.0 Å². The van der Waals surface area contributed by atoms with Crippen molar-refractivity contribution in [3.8, 4) is 0 Å². The molecular weight excluding hydrogens is 297 g/mol. The minimum Gasteiger partial charge on any atom is -0.281 e. The van der Waals surface area contributed by atoms with Crippen molar-refractivity contribution in [2.24, 2.45) is 5.92 Å². The quantitative estimate of drug-likeness (QED) is 0.881. The molecule has 8 heteroatoms. The number of carbonyl (C=O) groups is 1. The van der Waals surface area contributed by atoms with Crippen molar-refractivity contribution in [1.29, 1.82) is 0 Å². The SMILES string of the molecule is CN(NCc1cc2cc(C(F)(F)F)ccn2n1)C(=O)C1CC1. The van der Waals surface area contributed by atoms with E-state index in [1.807, 2.05) is 0 Å². The van der Waals surface area contributed by atoms with Crippen LogP contribution in [0.5, 0.6) is 0 Å². The fourth-order valence-electron chi connectivity index (χ4n) is 2.19. The van der Waals surface area contributed by atoms with Crippen molar-refractivity contribution in [2.45, 2.75) is 25.6 Å². The van der Waals surface area contributed by atoms with Crippen molar-refractivity contribution in [3.63, 3.8) is 0 Å². The zero-order chi connectivity index (χ0) is 15.9. The van der Waals surface area contributed by atoms with Crippen LogP contribution < -0.4 is 5.43 Å². The molecule has 0 bridgehead atoms. The second kappa shape index (κ2) is 5.28. The summed E-state index contributed by atoms with van der Waals surface area (Å²) < 4.78 is 39.4. The van der Waals surface area contributed by atoms with Gasteiger partial charge in [-0.2, -0.15) is 18.3 Å². The molecule has 2 heterocycles. The predicted octanol–water partition coefficient (Wildman–Crippen LogP) is 2.23. The maximum Gasteiger partial charge on any atom is 0.416 e. The molecule has 1 N–H and O–H groups in total. The Morgan fingerprint density at radius 2 is 2.18 bits per heavy atom. The Hall–Kier alpha value is -2.09. The van der Waals surface area contributed by atoms with Crippen LogP contribution in [0.4, 0.5) is 13.2 Å². The third-order valence-corrected chi connectivity index (χ3v) is 3.60. The molecule has 0 unspecified atom stereocenters. The number of nitrogens with zero attached hydrogens (tertiary/aromatic N) is 3. The van der Waals surface area contributed by atoms with Crippen molar-refractivity contribution in [3.05, 3.63) is 35.7 Å². The van der Waals surface area contributed by atoms with E-state index in [1.165, 1.54) is 15.7 Å². The highest BCUT2D eigenvalue weighted by molar-refractivity contribution is 5.80. The number of hydrogen-bond donors (Lipinski definition) is 1. The first-order chi connectivity index (χ1) is 10.3. The molecule has 1 amide bonds. The summed E-state index contributed by atoms with van der Waals surface area (Å²) in [5, 5.41) is 5.60. The van der Waals surface area contributed by atoms with Gasteiger partial charge in [-0.1, -0.05) is 0 Å². The number of fused-ring (bicyclic) bond motifs is 1. The summed E-state index contributed by atoms with van der Waals surface area (Å²) in [5.41, 5.74) is 3.13. The zero-order valence-electron chi connectivity index (χ0n) is 11.9. The monoisotopic (exact) mass is 312 g/mol. The number of pyridine rings is 1. The molecule has 0 saturated heterocycles. The van der Waals surface area contributed by atoms with Gasteiger partial charge >= 0.3 is 6.18 Å². The number of halogens is 3. The summed E-state index contributed by atoms with van der Waals surface area (Å²) in [4.78, 5) is 11.8. The van der Waals surface area contributed by atoms with E-state index in [2.05, 4.69) is 10.5 Å². The molecule has 0 atom stereocenters. The van der Waals surface area contributed by atoms with E-state index in [-0.39, 0.29) is 18.4 Å². The average molecular weight is 312 g/mol. The summed E-state index contributed by atoms with van der Waals surface area (Å²) in [6.07, 6.45) is -1.26. The molecule has 118 valence electrons. The van der Waals surface area contributed by atoms with Crippen molar-refractivity contribution in [2.75, 3.05) is 7.05 Å². The highest BCUT2D eigenvalue weighted by Gasteiger charge is 2.32. The van der Waals surface area contributed by atoms with Gasteiger partial charge in [0.05, 0.1) is 23.3 Å². The lowest BCUT2D eigenvalue weighted by molar-refractivity contribution is -0.137. The van der Waals surface area contributed by atoms with Gasteiger partial charge in [-0.3, -0.25) is 9.80 Å². The Kier molecular flexibility index (Phi) is 3.56. The van der Waals surface area contributed by atoms with E-state index in [4.69, 9.17) is 0 Å². The van der Waals surface area contributed by atoms with Gasteiger partial charge in [-0.25, -0.2) is 9.94 Å². The lowest BCUT2D eigenvalue weighted by Gasteiger charge is -2.17. The Balaban J connectivity index is 1.70. The van der Waals surface area contributed by atoms with Gasteiger partial charge in [-0.15, -0.1) is 0 Å². The van der Waals surface area contributed by atoms with Crippen LogP contribution in [0.1, 0.15) is 24.1 Å². The van der Waals surface area contributed by atoms with Gasteiger partial charge in [-0.05, 0) is 31.0 Å². The molecule has 0 aliphatic heterocycles. The van der Waals surface area contributed by atoms with Gasteiger partial charge in [0.2, 0.25) is 5.91 Å². The maximum absolute atomic E-state index is 12.7. The lowest BCUT2D eigenvalue weighted by Crippen LogP contribution is -2.40. The molecule has 1 saturated carbocycles. The van der Waals surface area contributed by atoms with Gasteiger partial charge < -0.3 is 0 Å². The number of alkyl halides is 3. The van der Waals surface area contributed by atoms with Crippen LogP contribution in [0.3, 0.4) is 0 Å². The van der Waals surface area contributed by atoms with Gasteiger partial charge in [0.15, 0.2) is 0 Å². The van der Waals surface area contributed by atoms with Gasteiger partial charge in [0.1, 0.15) is 0 Å². The van der Waals surface area contributed by atoms with Crippen molar-refractivity contribution >= 4 is 11.4 Å². The molecule has 2 aromatic rings. The lowest BCUT2D eigenvalue weighted by atomic mass is 10.2. The highest BCUT2D eigenvalue weighted by atomic mass is 19.4. The summed E-state index contributed by atoms with van der Waals surface area (Å²) in [6, 6.07) is 3.60. The van der Waals surface area contributed by atoms with Gasteiger partial charge in [0, 0.05) is 19.2 Å². The third-order valence-electron chi connectivity index (χ3n) is 3.60. The normalized spacial score (nSPS) is 15.3. The molecule has 1 aliphatic rings. The van der Waals surface area contributed by atoms with Crippen molar-refractivity contribution < 1.29 is 18.0 Å². The summed E-state index contributed by atoms with van der Waals surface area (Å²) >= 11 is 0. The van der Waals surface area contributed by atoms with Crippen LogP contribution in [0.2, 0.25) is 0 Å². The molecule has 0 spiro atoms. The first-order valence-corrected chi connectivity index (χ1v) is 6.91. The summed E-state index contributed by atoms with van der Waals surface area (Å²) in [5.74, 6) is 0.135. The van der Waals surface area contributed by atoms with E-state index in [9.17, 15) is 18.0 Å². The second-order valence-electron chi connectivity index (χ2n) is 5.42. The van der Waals surface area contributed by atoms with E-state index in [0.29, 0.717) is 11.2 Å². The van der Waals surface area contributed by atoms with E-state index >= 15 is 0 Å². The van der Waals surface area contributed by atoms with Crippen LogP contribution in [0, 0.1) is 5.92 Å². The molecule has 1 fully saturated rings. The number of hydrogen-bond acceptors (Lipinski definition) is 3. The first kappa shape index (κ1) is 14.8. The van der Waals surface area contributed by atoms with Crippen LogP contribution >= 0.6 is 0 Å². The predicted molar refractivity (Wildman–Crippen MR) is 72.5 cm³/mol. The number of aromatic nitrogens is 2. The second-order valence-corrected chi connectivity index (χ2v) is 5.42. The van der Waals surface area contributed by atoms with E-state index in [0.717, 1.165) is 25.0 Å². The fourth-order valence-corrected chi connectivity index (χ4v) is 2.19. The minimum absolute atomic E-state index is 0.0307. The summed E-state index contributed by atoms with van der Waals surface area (Å²) in [7, 11) is 1.64. The number of rotatable bonds is 4. The Bertz CT molecular complexity index is 706. The number of nitrogens with one attached hydrogen (secondary N) is 1. The van der Waals surface area contributed by atoms with E-state index < -0.39 is 11.7 Å². The Morgan fingerprint density at radius 1 is 1.45 bits per heavy atom. The number of carbonyl (C=O) groups excluding carboxylic acids is 1. The molecule has 3 rings (SSSR count). The number of hydrazine groups is 1. The van der Waals surface area contributed by atoms with E-state index in [1.54, 1.807) is 13.1 Å². The van der Waals surface area contributed by atoms with Crippen LogP contribution in [0.15, 0.2) is 24.4 Å². The minimum atomic E-state index is -4.37. The molecule has 22 heavy (non-hydrogen) atoms. The maximum atomic E-state index is 12.7. The van der Waals surface area contributed by atoms with Crippen LogP contribution in [-0.4, -0.2) is 27.6 Å². The largest absolute Gasteiger partial charge is 0.416 e. The molecular formula is C14H15F3N4O. The smallest absolute Gasteiger partial charge is 0.281 e. The van der Waals surface area contributed by atoms with Gasteiger partial charge in [0.25, 0.3) is 0 Å². The molecule has 0 radical (unpaired) electrons. The topological polar surface area (TPSA) is 49.6 Å². The van der Waals surface area contributed by atoms with Crippen LogP contribution in [0.25, 0.3) is 5.52 Å². The highest BCUT2D eigenvalue weighted by Crippen LogP contribution is 2.30. The fraction of sp³-hybridized carbons (Fsp3) is 0.429.